The average Bonchev–Trinajstić information content (AvgIpc) is 2.87. The van der Waals surface area contributed by atoms with Gasteiger partial charge in [-0.3, -0.25) is 9.05 Å². The predicted molar refractivity (Wildman–Crippen MR) is 167 cm³/mol. The van der Waals surface area contributed by atoms with Gasteiger partial charge in [-0.1, -0.05) is 103 Å². The third-order valence-corrected chi connectivity index (χ3v) is 8.03. The number of unbranched alkanes of at least 4 members (excludes halogenated alkanes) is 15. The lowest BCUT2D eigenvalue weighted by atomic mass is 10.0. The number of hydrogen-bond donors (Lipinski definition) is 3. The molecule has 0 radical (unpaired) electrons. The Hall–Kier alpha value is -0.740. The standard InChI is InChI=1S/C30H64N3O7P/c1-7-9-10-11-12-13-14-15-16-17-18-19-20-21-22-23-24-32(3)27-28(39-30(35)31-8-2)29(34)40-41(36,37)38-26-25-33(4,5)6/h28-29,34H,7-27H2,1-6H3,(H-,31,35,36,37)/p+1. The summed E-state index contributed by atoms with van der Waals surface area (Å²) in [5.74, 6) is 0. The molecule has 3 N–H and O–H groups in total. The van der Waals surface area contributed by atoms with Crippen molar-refractivity contribution in [2.45, 2.75) is 129 Å². The van der Waals surface area contributed by atoms with Gasteiger partial charge in [-0.05, 0) is 26.9 Å². The molecule has 0 fully saturated rings. The van der Waals surface area contributed by atoms with E-state index in [1.54, 1.807) is 6.92 Å². The summed E-state index contributed by atoms with van der Waals surface area (Å²) in [4.78, 5) is 24.0. The largest absolute Gasteiger partial charge is 0.474 e. The molecule has 1 amide bonds. The summed E-state index contributed by atoms with van der Waals surface area (Å²) in [5.41, 5.74) is 0. The molecule has 11 heteroatoms. The monoisotopic (exact) mass is 610 g/mol. The Morgan fingerprint density at radius 3 is 1.76 bits per heavy atom. The van der Waals surface area contributed by atoms with Crippen LogP contribution in [0.5, 0.6) is 0 Å². The number of hydrogen-bond acceptors (Lipinski definition) is 7. The Balaban J connectivity index is 4.20. The van der Waals surface area contributed by atoms with Crippen molar-refractivity contribution in [1.82, 2.24) is 10.2 Å². The SMILES string of the molecule is CCCCCCCCCCCCCCCCCCN(C)CC(OC(=O)NCC)C(O)OP(=O)(O)OCC[N+](C)(C)C. The molecule has 10 nitrogen and oxygen atoms in total. The van der Waals surface area contributed by atoms with Crippen molar-refractivity contribution in [3.05, 3.63) is 0 Å². The zero-order valence-corrected chi connectivity index (χ0v) is 28.2. The zero-order chi connectivity index (χ0) is 31.0. The molecule has 0 aliphatic rings. The molecule has 0 saturated carbocycles. The maximum absolute atomic E-state index is 12.3. The van der Waals surface area contributed by atoms with Crippen LogP contribution >= 0.6 is 7.82 Å². The van der Waals surface area contributed by atoms with Gasteiger partial charge in [0.05, 0.1) is 21.1 Å². The first-order chi connectivity index (χ1) is 19.4. The highest BCUT2D eigenvalue weighted by Crippen LogP contribution is 2.44. The van der Waals surface area contributed by atoms with E-state index in [1.807, 2.05) is 33.1 Å². The van der Waals surface area contributed by atoms with Crippen LogP contribution in [0.3, 0.4) is 0 Å². The van der Waals surface area contributed by atoms with Gasteiger partial charge >= 0.3 is 13.9 Å². The third kappa shape index (κ3) is 26.6. The van der Waals surface area contributed by atoms with Crippen LogP contribution in [0, 0.1) is 0 Å². The number of amides is 1. The molecule has 246 valence electrons. The summed E-state index contributed by atoms with van der Waals surface area (Å²) in [7, 11) is 3.10. The lowest BCUT2D eigenvalue weighted by Crippen LogP contribution is -2.44. The van der Waals surface area contributed by atoms with Gasteiger partial charge in [-0.15, -0.1) is 0 Å². The van der Waals surface area contributed by atoms with E-state index in [9.17, 15) is 19.4 Å². The summed E-state index contributed by atoms with van der Waals surface area (Å²) in [5, 5.41) is 13.0. The van der Waals surface area contributed by atoms with Crippen molar-refractivity contribution < 1.29 is 37.6 Å². The Kier molecular flexibility index (Phi) is 24.2. The van der Waals surface area contributed by atoms with Gasteiger partial charge in [0.25, 0.3) is 0 Å². The van der Waals surface area contributed by atoms with Gasteiger partial charge in [0, 0.05) is 13.1 Å². The number of phosphoric ester groups is 1. The molecular formula is C30H65N3O7P+. The topological polar surface area (TPSA) is 118 Å². The first-order valence-corrected chi connectivity index (χ1v) is 17.7. The number of quaternary nitrogens is 1. The third-order valence-electron chi connectivity index (χ3n) is 7.04. The number of rotatable bonds is 28. The van der Waals surface area contributed by atoms with Gasteiger partial charge in [-0.25, -0.2) is 9.36 Å². The molecule has 3 atom stereocenters. The summed E-state index contributed by atoms with van der Waals surface area (Å²) < 4.78 is 28.1. The lowest BCUT2D eigenvalue weighted by Gasteiger charge is -2.28. The summed E-state index contributed by atoms with van der Waals surface area (Å²) in [6.45, 7) is 5.71. The second-order valence-corrected chi connectivity index (χ2v) is 13.8. The number of alkyl carbamates (subject to hydrolysis) is 1. The van der Waals surface area contributed by atoms with Crippen molar-refractivity contribution >= 4 is 13.9 Å². The van der Waals surface area contributed by atoms with Crippen LogP contribution in [-0.4, -0.2) is 98.8 Å². The number of nitrogens with zero attached hydrogens (tertiary/aromatic N) is 2. The van der Waals surface area contributed by atoms with Crippen LogP contribution in [0.1, 0.15) is 117 Å². The fourth-order valence-corrected chi connectivity index (χ4v) is 5.28. The number of aliphatic hydroxyl groups is 1. The maximum atomic E-state index is 12.3. The molecule has 0 aliphatic heterocycles. The smallest absolute Gasteiger partial charge is 0.439 e. The highest BCUT2D eigenvalue weighted by molar-refractivity contribution is 7.47. The first kappa shape index (κ1) is 40.3. The Morgan fingerprint density at radius 2 is 1.32 bits per heavy atom. The molecule has 0 rings (SSSR count). The van der Waals surface area contributed by atoms with E-state index in [0.29, 0.717) is 17.6 Å². The molecule has 0 aromatic heterocycles. The molecule has 0 saturated heterocycles. The second-order valence-electron chi connectivity index (χ2n) is 12.4. The van der Waals surface area contributed by atoms with Crippen LogP contribution in [0.2, 0.25) is 0 Å². The van der Waals surface area contributed by atoms with E-state index >= 15 is 0 Å². The quantitative estimate of drug-likeness (QED) is 0.0400. The van der Waals surface area contributed by atoms with Crippen LogP contribution < -0.4 is 5.32 Å². The van der Waals surface area contributed by atoms with Crippen LogP contribution in [0.4, 0.5) is 4.79 Å². The van der Waals surface area contributed by atoms with Crippen LogP contribution in [0.15, 0.2) is 0 Å². The van der Waals surface area contributed by atoms with E-state index in [2.05, 4.69) is 12.2 Å². The van der Waals surface area contributed by atoms with Crippen molar-refractivity contribution in [3.8, 4) is 0 Å². The van der Waals surface area contributed by atoms with Gasteiger partial charge in [0.15, 0.2) is 6.10 Å². The van der Waals surface area contributed by atoms with Crippen molar-refractivity contribution in [1.29, 1.82) is 0 Å². The fraction of sp³-hybridized carbons (Fsp3) is 0.967. The van der Waals surface area contributed by atoms with Crippen LogP contribution in [0.25, 0.3) is 0 Å². The summed E-state index contributed by atoms with van der Waals surface area (Å²) in [6, 6.07) is 0. The minimum Gasteiger partial charge on any atom is -0.439 e. The molecule has 0 aliphatic carbocycles. The molecule has 0 aromatic rings. The maximum Gasteiger partial charge on any atom is 0.474 e. The molecule has 41 heavy (non-hydrogen) atoms. The second kappa shape index (κ2) is 24.7. The number of ether oxygens (including phenoxy) is 1. The van der Waals surface area contributed by atoms with E-state index in [0.717, 1.165) is 19.4 Å². The number of carbonyl (C=O) groups is 1. The van der Waals surface area contributed by atoms with Gasteiger partial charge in [-0.2, -0.15) is 0 Å². The molecule has 0 spiro atoms. The minimum atomic E-state index is -4.54. The number of likely N-dealkylation sites (N-methyl/N-ethyl adjacent to an activating group) is 2. The van der Waals surface area contributed by atoms with Gasteiger partial charge in [0.2, 0.25) is 6.29 Å². The lowest BCUT2D eigenvalue weighted by molar-refractivity contribution is -0.870. The van der Waals surface area contributed by atoms with Crippen molar-refractivity contribution in [2.24, 2.45) is 0 Å². The van der Waals surface area contributed by atoms with E-state index in [4.69, 9.17) is 13.8 Å². The molecule has 3 unspecified atom stereocenters. The highest BCUT2D eigenvalue weighted by Gasteiger charge is 2.34. The number of phosphoric acid groups is 1. The van der Waals surface area contributed by atoms with E-state index < -0.39 is 26.3 Å². The number of carbonyl (C=O) groups excluding carboxylic acids is 1. The van der Waals surface area contributed by atoms with Gasteiger partial charge < -0.3 is 29.4 Å². The Labute approximate surface area is 251 Å². The Bertz CT molecular complexity index is 679. The fourth-order valence-electron chi connectivity index (χ4n) is 4.50. The molecule has 0 heterocycles. The first-order valence-electron chi connectivity index (χ1n) is 16.2. The van der Waals surface area contributed by atoms with E-state index in [-0.39, 0.29) is 13.2 Å². The molecule has 0 bridgehead atoms. The zero-order valence-electron chi connectivity index (χ0n) is 27.3. The van der Waals surface area contributed by atoms with E-state index in [1.165, 1.54) is 89.9 Å². The van der Waals surface area contributed by atoms with Crippen molar-refractivity contribution in [3.63, 3.8) is 0 Å². The minimum absolute atomic E-state index is 0.0228. The Morgan fingerprint density at radius 1 is 0.854 bits per heavy atom. The van der Waals surface area contributed by atoms with Gasteiger partial charge in [0.1, 0.15) is 13.2 Å². The van der Waals surface area contributed by atoms with Crippen LogP contribution in [-0.2, 0) is 18.3 Å². The number of aliphatic hydroxyl groups excluding tert-OH is 1. The van der Waals surface area contributed by atoms with Crippen molar-refractivity contribution in [2.75, 3.05) is 61.0 Å². The predicted octanol–water partition coefficient (Wildman–Crippen LogP) is 6.45. The normalized spacial score (nSPS) is 15.0. The number of nitrogens with one attached hydrogen (secondary N) is 1. The molecular weight excluding hydrogens is 545 g/mol. The highest BCUT2D eigenvalue weighted by atomic mass is 31.2. The molecule has 0 aromatic carbocycles. The summed E-state index contributed by atoms with van der Waals surface area (Å²) in [6.07, 6.45) is 17.2. The summed E-state index contributed by atoms with van der Waals surface area (Å²) >= 11 is 0. The average molecular weight is 611 g/mol.